The Hall–Kier alpha value is -0.450. The van der Waals surface area contributed by atoms with Gasteiger partial charge in [-0.25, -0.2) is 0 Å². The summed E-state index contributed by atoms with van der Waals surface area (Å²) in [5, 5.41) is 26.6. The number of hydrogen-bond donors (Lipinski definition) is 3. The Balaban J connectivity index is 3.53. The predicted octanol–water partition coefficient (Wildman–Crippen LogP) is -0.540. The highest BCUT2D eigenvalue weighted by atomic mass is 16.3. The zero-order valence-electron chi connectivity index (χ0n) is 7.23. The van der Waals surface area contributed by atoms with Crippen molar-refractivity contribution in [3.05, 3.63) is 0 Å². The monoisotopic (exact) mass is 176 g/mol. The molecule has 0 aliphatic carbocycles. The van der Waals surface area contributed by atoms with Crippen LogP contribution >= 0.6 is 0 Å². The van der Waals surface area contributed by atoms with E-state index in [4.69, 9.17) is 10.2 Å². The summed E-state index contributed by atoms with van der Waals surface area (Å²) in [7, 11) is 0. The van der Waals surface area contributed by atoms with E-state index < -0.39 is 12.2 Å². The largest absolute Gasteiger partial charge is 0.396 e. The maximum Gasteiger partial charge on any atom is 0.158 e. The lowest BCUT2D eigenvalue weighted by molar-refractivity contribution is -0.126. The van der Waals surface area contributed by atoms with Crippen LogP contribution in [0.3, 0.4) is 0 Å². The van der Waals surface area contributed by atoms with Gasteiger partial charge in [0.25, 0.3) is 0 Å². The van der Waals surface area contributed by atoms with E-state index in [2.05, 4.69) is 0 Å². The summed E-state index contributed by atoms with van der Waals surface area (Å²) in [5.74, 6) is -0.335. The first-order valence-corrected chi connectivity index (χ1v) is 4.05. The molecule has 72 valence electrons. The van der Waals surface area contributed by atoms with Crippen molar-refractivity contribution in [2.75, 3.05) is 6.61 Å². The standard InChI is InChI=1S/C8H16O4/c1-6(10)8(12)5-7(11)3-2-4-9/h7-9,11-12H,2-5H2,1H3. The molecule has 0 aliphatic rings. The van der Waals surface area contributed by atoms with Crippen molar-refractivity contribution in [2.24, 2.45) is 0 Å². The molecule has 0 amide bonds. The van der Waals surface area contributed by atoms with Gasteiger partial charge in [-0.2, -0.15) is 0 Å². The summed E-state index contributed by atoms with van der Waals surface area (Å²) < 4.78 is 0. The lowest BCUT2D eigenvalue weighted by Gasteiger charge is -2.12. The predicted molar refractivity (Wildman–Crippen MR) is 43.6 cm³/mol. The Bertz CT molecular complexity index is 135. The summed E-state index contributed by atoms with van der Waals surface area (Å²) in [6, 6.07) is 0. The summed E-state index contributed by atoms with van der Waals surface area (Å²) in [6.07, 6.45) is -0.795. The average molecular weight is 176 g/mol. The fourth-order valence-electron chi connectivity index (χ4n) is 0.868. The van der Waals surface area contributed by atoms with Crippen LogP contribution in [0.1, 0.15) is 26.2 Å². The second kappa shape index (κ2) is 6.11. The van der Waals surface area contributed by atoms with Crippen LogP contribution in [0.2, 0.25) is 0 Å². The van der Waals surface area contributed by atoms with Crippen molar-refractivity contribution in [3.8, 4) is 0 Å². The van der Waals surface area contributed by atoms with Crippen LogP contribution in [0.25, 0.3) is 0 Å². The minimum atomic E-state index is -1.07. The third-order valence-corrected chi connectivity index (χ3v) is 1.66. The number of rotatable bonds is 6. The topological polar surface area (TPSA) is 77.8 Å². The molecule has 0 spiro atoms. The van der Waals surface area contributed by atoms with Crippen LogP contribution in [0.5, 0.6) is 0 Å². The molecule has 0 radical (unpaired) electrons. The Labute approximate surface area is 71.8 Å². The highest BCUT2D eigenvalue weighted by molar-refractivity contribution is 5.80. The van der Waals surface area contributed by atoms with E-state index in [1.165, 1.54) is 6.92 Å². The number of ketones is 1. The van der Waals surface area contributed by atoms with Gasteiger partial charge < -0.3 is 15.3 Å². The molecule has 0 bridgehead atoms. The Morgan fingerprint density at radius 2 is 2.00 bits per heavy atom. The molecule has 0 fully saturated rings. The molecule has 0 saturated heterocycles. The fourth-order valence-corrected chi connectivity index (χ4v) is 0.868. The molecule has 0 rings (SSSR count). The number of carbonyl (C=O) groups is 1. The number of Topliss-reactive ketones (excluding diaryl/α,β-unsaturated/α-hetero) is 1. The smallest absolute Gasteiger partial charge is 0.158 e. The van der Waals surface area contributed by atoms with Gasteiger partial charge in [0, 0.05) is 13.0 Å². The molecule has 4 nitrogen and oxygen atoms in total. The number of aliphatic hydroxyl groups is 3. The van der Waals surface area contributed by atoms with Crippen LogP contribution in [0.4, 0.5) is 0 Å². The molecule has 0 aromatic heterocycles. The molecule has 0 aromatic carbocycles. The fraction of sp³-hybridized carbons (Fsp3) is 0.875. The molecule has 0 heterocycles. The quantitative estimate of drug-likeness (QED) is 0.508. The third-order valence-electron chi connectivity index (χ3n) is 1.66. The molecular weight excluding hydrogens is 160 g/mol. The first kappa shape index (κ1) is 11.6. The molecule has 4 heteroatoms. The van der Waals surface area contributed by atoms with E-state index in [1.54, 1.807) is 0 Å². The lowest BCUT2D eigenvalue weighted by atomic mass is 10.1. The number of aliphatic hydroxyl groups excluding tert-OH is 3. The third kappa shape index (κ3) is 5.23. The zero-order chi connectivity index (χ0) is 9.56. The first-order valence-electron chi connectivity index (χ1n) is 4.05. The van der Waals surface area contributed by atoms with Crippen molar-refractivity contribution in [2.45, 2.75) is 38.4 Å². The molecule has 0 aliphatic heterocycles. The van der Waals surface area contributed by atoms with E-state index >= 15 is 0 Å². The van der Waals surface area contributed by atoms with Gasteiger partial charge in [-0.1, -0.05) is 0 Å². The SMILES string of the molecule is CC(=O)C(O)CC(O)CCCO. The summed E-state index contributed by atoms with van der Waals surface area (Å²) in [5.41, 5.74) is 0. The van der Waals surface area contributed by atoms with E-state index in [0.717, 1.165) is 0 Å². The number of carbonyl (C=O) groups excluding carboxylic acids is 1. The normalized spacial score (nSPS) is 15.7. The molecule has 2 atom stereocenters. The van der Waals surface area contributed by atoms with Crippen LogP contribution in [-0.4, -0.2) is 39.9 Å². The minimum absolute atomic E-state index is 0.0211. The van der Waals surface area contributed by atoms with Gasteiger partial charge in [-0.15, -0.1) is 0 Å². The highest BCUT2D eigenvalue weighted by Gasteiger charge is 2.14. The zero-order valence-corrected chi connectivity index (χ0v) is 7.23. The van der Waals surface area contributed by atoms with E-state index in [0.29, 0.717) is 12.8 Å². The van der Waals surface area contributed by atoms with Gasteiger partial charge in [0.05, 0.1) is 6.10 Å². The van der Waals surface area contributed by atoms with Crippen molar-refractivity contribution < 1.29 is 20.1 Å². The highest BCUT2D eigenvalue weighted by Crippen LogP contribution is 2.05. The molecule has 3 N–H and O–H groups in total. The van der Waals surface area contributed by atoms with Gasteiger partial charge in [0.2, 0.25) is 0 Å². The maximum absolute atomic E-state index is 10.5. The van der Waals surface area contributed by atoms with Crippen LogP contribution in [0.15, 0.2) is 0 Å². The van der Waals surface area contributed by atoms with Crippen molar-refractivity contribution in [1.29, 1.82) is 0 Å². The van der Waals surface area contributed by atoms with Crippen LogP contribution < -0.4 is 0 Å². The van der Waals surface area contributed by atoms with Gasteiger partial charge in [-0.3, -0.25) is 4.79 Å². The molecule has 12 heavy (non-hydrogen) atoms. The Kier molecular flexibility index (Phi) is 5.88. The van der Waals surface area contributed by atoms with E-state index in [9.17, 15) is 9.90 Å². The maximum atomic E-state index is 10.5. The Morgan fingerprint density at radius 1 is 1.42 bits per heavy atom. The van der Waals surface area contributed by atoms with Gasteiger partial charge >= 0.3 is 0 Å². The van der Waals surface area contributed by atoms with Gasteiger partial charge in [0.15, 0.2) is 5.78 Å². The second-order valence-corrected chi connectivity index (χ2v) is 2.88. The first-order chi connectivity index (χ1) is 5.57. The molecule has 0 saturated carbocycles. The van der Waals surface area contributed by atoms with Gasteiger partial charge in [0.1, 0.15) is 6.10 Å². The summed E-state index contributed by atoms with van der Waals surface area (Å²) in [4.78, 5) is 10.5. The van der Waals surface area contributed by atoms with E-state index in [1.807, 2.05) is 0 Å². The van der Waals surface area contributed by atoms with Crippen LogP contribution in [0, 0.1) is 0 Å². The summed E-state index contributed by atoms with van der Waals surface area (Å²) in [6.45, 7) is 1.30. The molecule has 2 unspecified atom stereocenters. The van der Waals surface area contributed by atoms with Crippen LogP contribution in [-0.2, 0) is 4.79 Å². The van der Waals surface area contributed by atoms with E-state index in [-0.39, 0.29) is 18.8 Å². The molecule has 0 aromatic rings. The summed E-state index contributed by atoms with van der Waals surface area (Å²) >= 11 is 0. The number of hydrogen-bond acceptors (Lipinski definition) is 4. The average Bonchev–Trinajstić information content (AvgIpc) is 2.00. The van der Waals surface area contributed by atoms with Crippen molar-refractivity contribution >= 4 is 5.78 Å². The lowest BCUT2D eigenvalue weighted by Crippen LogP contribution is -2.23. The van der Waals surface area contributed by atoms with Crippen molar-refractivity contribution in [3.63, 3.8) is 0 Å². The molecular formula is C8H16O4. The Morgan fingerprint density at radius 3 is 2.42 bits per heavy atom. The van der Waals surface area contributed by atoms with Gasteiger partial charge in [-0.05, 0) is 19.8 Å². The second-order valence-electron chi connectivity index (χ2n) is 2.88. The van der Waals surface area contributed by atoms with Crippen molar-refractivity contribution in [1.82, 2.24) is 0 Å². The minimum Gasteiger partial charge on any atom is -0.396 e.